The topological polar surface area (TPSA) is 161 Å². The summed E-state index contributed by atoms with van der Waals surface area (Å²) in [6, 6.07) is 3.35. The van der Waals surface area contributed by atoms with Crippen LogP contribution in [0.15, 0.2) is 34.8 Å². The molecule has 0 aliphatic heterocycles. The summed E-state index contributed by atoms with van der Waals surface area (Å²) >= 11 is 19.4. The lowest BCUT2D eigenvalue weighted by atomic mass is 10.1. The molecule has 3 heterocycles. The van der Waals surface area contributed by atoms with E-state index in [-0.39, 0.29) is 17.4 Å². The fourth-order valence-electron chi connectivity index (χ4n) is 3.14. The molecule has 2 N–H and O–H groups in total. The van der Waals surface area contributed by atoms with Gasteiger partial charge in [0.25, 0.3) is 10.0 Å². The van der Waals surface area contributed by atoms with E-state index in [1.807, 2.05) is 0 Å². The van der Waals surface area contributed by atoms with Crippen molar-refractivity contribution in [3.63, 3.8) is 0 Å². The summed E-state index contributed by atoms with van der Waals surface area (Å²) in [5.74, 6) is -2.00. The number of Topliss-reactive ketones (excluding diaryl/α,β-unsaturated/α-hetero) is 1. The van der Waals surface area contributed by atoms with Crippen LogP contribution in [0.5, 0.6) is 0 Å². The molecule has 0 fully saturated rings. The Morgan fingerprint density at radius 2 is 1.91 bits per heavy atom. The van der Waals surface area contributed by atoms with Crippen molar-refractivity contribution in [2.24, 2.45) is 0 Å². The zero-order chi connectivity index (χ0) is 25.3. The zero-order valence-electron chi connectivity index (χ0n) is 17.3. The van der Waals surface area contributed by atoms with Crippen molar-refractivity contribution in [2.45, 2.75) is 30.5 Å². The van der Waals surface area contributed by atoms with Crippen molar-refractivity contribution < 1.29 is 23.1 Å². The summed E-state index contributed by atoms with van der Waals surface area (Å²) in [7, 11) is -4.43. The molecular weight excluding hydrogens is 565 g/mol. The third-order valence-corrected chi connectivity index (χ3v) is 8.02. The summed E-state index contributed by atoms with van der Waals surface area (Å²) in [6.07, 6.45) is 0.750. The molecule has 35 heavy (non-hydrogen) atoms. The number of aromatic nitrogens is 6. The molecule has 0 aliphatic carbocycles. The molecule has 1 unspecified atom stereocenters. The van der Waals surface area contributed by atoms with E-state index in [0.29, 0.717) is 20.6 Å². The molecule has 4 rings (SSSR count). The molecular formula is C18H14Cl3N7O5S2. The molecule has 0 saturated carbocycles. The molecule has 0 aliphatic rings. The van der Waals surface area contributed by atoms with E-state index >= 15 is 0 Å². The molecule has 3 aromatic heterocycles. The first-order valence-electron chi connectivity index (χ1n) is 9.62. The lowest BCUT2D eigenvalue weighted by Gasteiger charge is -2.15. The van der Waals surface area contributed by atoms with Gasteiger partial charge in [0, 0.05) is 28.0 Å². The Labute approximate surface area is 216 Å². The predicted octanol–water partition coefficient (Wildman–Crippen LogP) is 2.32. The molecule has 0 bridgehead atoms. The van der Waals surface area contributed by atoms with Crippen LogP contribution in [-0.4, -0.2) is 60.9 Å². The molecule has 17 heteroatoms. The summed E-state index contributed by atoms with van der Waals surface area (Å²) in [6.45, 7) is -0.544. The summed E-state index contributed by atoms with van der Waals surface area (Å²) < 4.78 is 29.3. The standard InChI is InChI=1S/C18H14Cl3N7O5S2/c19-10-2-1-3-11(20)9(10)6-14-23-26-28(24-14)8-13(29)12(7-15(30)31)25-35(32,33)17-16(21)22-18-27(17)4-5-34-18/h1-5,12,25H,6-8H2,(H,30,31). The Balaban J connectivity index is 1.52. The van der Waals surface area contributed by atoms with E-state index in [4.69, 9.17) is 34.8 Å². The predicted molar refractivity (Wildman–Crippen MR) is 127 cm³/mol. The molecule has 0 spiro atoms. The van der Waals surface area contributed by atoms with Gasteiger partial charge in [-0.2, -0.15) is 9.52 Å². The number of nitrogens with one attached hydrogen (secondary N) is 1. The van der Waals surface area contributed by atoms with Gasteiger partial charge in [-0.1, -0.05) is 40.9 Å². The first kappa shape index (κ1) is 25.5. The summed E-state index contributed by atoms with van der Waals surface area (Å²) in [5.41, 5.74) is 0.565. The van der Waals surface area contributed by atoms with Crippen molar-refractivity contribution in [3.05, 3.63) is 56.4 Å². The van der Waals surface area contributed by atoms with Crippen molar-refractivity contribution >= 4 is 72.9 Å². The second kappa shape index (κ2) is 10.2. The number of tetrazole rings is 1. The number of ketones is 1. The second-order valence-corrected chi connectivity index (χ2v) is 10.8. The number of halogens is 3. The summed E-state index contributed by atoms with van der Waals surface area (Å²) in [4.78, 5) is 29.4. The average molecular weight is 579 g/mol. The minimum atomic E-state index is -4.43. The molecule has 1 aromatic carbocycles. The van der Waals surface area contributed by atoms with Crippen LogP contribution in [-0.2, 0) is 32.6 Å². The molecule has 0 amide bonds. The van der Waals surface area contributed by atoms with E-state index in [0.717, 1.165) is 16.1 Å². The maximum atomic E-state index is 13.0. The van der Waals surface area contributed by atoms with E-state index < -0.39 is 45.8 Å². The number of nitrogens with zero attached hydrogens (tertiary/aromatic N) is 6. The van der Waals surface area contributed by atoms with E-state index in [1.54, 1.807) is 23.6 Å². The monoisotopic (exact) mass is 577 g/mol. The molecule has 12 nitrogen and oxygen atoms in total. The maximum Gasteiger partial charge on any atom is 0.305 e. The lowest BCUT2D eigenvalue weighted by molar-refractivity contribution is -0.139. The van der Waals surface area contributed by atoms with Crippen molar-refractivity contribution in [1.82, 2.24) is 34.3 Å². The van der Waals surface area contributed by atoms with Gasteiger partial charge in [-0.15, -0.1) is 21.5 Å². The smallest absolute Gasteiger partial charge is 0.305 e. The normalized spacial score (nSPS) is 12.8. The highest BCUT2D eigenvalue weighted by molar-refractivity contribution is 7.89. The Hall–Kier alpha value is -2.62. The van der Waals surface area contributed by atoms with Crippen LogP contribution >= 0.6 is 46.1 Å². The third kappa shape index (κ3) is 5.63. The van der Waals surface area contributed by atoms with Crippen LogP contribution < -0.4 is 4.72 Å². The highest BCUT2D eigenvalue weighted by Gasteiger charge is 2.32. The number of rotatable bonds is 10. The third-order valence-electron chi connectivity index (χ3n) is 4.69. The van der Waals surface area contributed by atoms with Crippen LogP contribution in [0.2, 0.25) is 15.2 Å². The van der Waals surface area contributed by atoms with Gasteiger partial charge in [0.15, 0.2) is 26.7 Å². The summed E-state index contributed by atoms with van der Waals surface area (Å²) in [5, 5.41) is 22.6. The van der Waals surface area contributed by atoms with Gasteiger partial charge in [-0.3, -0.25) is 14.0 Å². The fraction of sp³-hybridized carbons (Fsp3) is 0.222. The number of benzene rings is 1. The number of carbonyl (C=O) groups is 2. The number of carbonyl (C=O) groups excluding carboxylic acids is 1. The first-order chi connectivity index (χ1) is 16.5. The Morgan fingerprint density at radius 1 is 1.20 bits per heavy atom. The minimum Gasteiger partial charge on any atom is -0.481 e. The first-order valence-corrected chi connectivity index (χ1v) is 13.1. The largest absolute Gasteiger partial charge is 0.481 e. The van der Waals surface area contributed by atoms with Gasteiger partial charge in [0.05, 0.1) is 12.5 Å². The molecule has 184 valence electrons. The average Bonchev–Trinajstić information content (AvgIpc) is 3.46. The van der Waals surface area contributed by atoms with Crippen LogP contribution in [0.1, 0.15) is 17.8 Å². The number of aliphatic carboxylic acids is 1. The number of thiazole rings is 1. The van der Waals surface area contributed by atoms with E-state index in [2.05, 4.69) is 25.1 Å². The highest BCUT2D eigenvalue weighted by Crippen LogP contribution is 2.27. The van der Waals surface area contributed by atoms with E-state index in [9.17, 15) is 23.1 Å². The van der Waals surface area contributed by atoms with Gasteiger partial charge >= 0.3 is 5.97 Å². The van der Waals surface area contributed by atoms with E-state index in [1.165, 1.54) is 10.6 Å². The van der Waals surface area contributed by atoms with Crippen LogP contribution in [0.25, 0.3) is 4.96 Å². The Morgan fingerprint density at radius 3 is 2.60 bits per heavy atom. The Bertz CT molecular complexity index is 1510. The quantitative estimate of drug-likeness (QED) is 0.288. The van der Waals surface area contributed by atoms with Gasteiger partial charge in [-0.25, -0.2) is 13.4 Å². The number of fused-ring (bicyclic) bond motifs is 1. The van der Waals surface area contributed by atoms with Crippen LogP contribution in [0.3, 0.4) is 0 Å². The Kier molecular flexibility index (Phi) is 7.40. The number of carboxylic acids is 1. The van der Waals surface area contributed by atoms with Crippen molar-refractivity contribution in [1.29, 1.82) is 0 Å². The SMILES string of the molecule is O=C(O)CC(NS(=O)(=O)c1c(Cl)nc2sccn12)C(=O)Cn1nnc(Cc2c(Cl)cccc2Cl)n1. The molecule has 0 saturated heterocycles. The van der Waals surface area contributed by atoms with Crippen molar-refractivity contribution in [2.75, 3.05) is 0 Å². The van der Waals surface area contributed by atoms with Crippen LogP contribution in [0, 0.1) is 0 Å². The van der Waals surface area contributed by atoms with Gasteiger partial charge in [0.2, 0.25) is 0 Å². The molecule has 4 aromatic rings. The van der Waals surface area contributed by atoms with Gasteiger partial charge in [0.1, 0.15) is 6.54 Å². The number of hydrogen-bond acceptors (Lipinski definition) is 9. The number of carboxylic acid groups (broad SMARTS) is 1. The molecule has 1 atom stereocenters. The van der Waals surface area contributed by atoms with Gasteiger partial charge in [-0.05, 0) is 22.9 Å². The highest BCUT2D eigenvalue weighted by atomic mass is 35.5. The van der Waals surface area contributed by atoms with Crippen LogP contribution in [0.4, 0.5) is 0 Å². The minimum absolute atomic E-state index is 0.133. The van der Waals surface area contributed by atoms with Gasteiger partial charge < -0.3 is 5.11 Å². The molecule has 0 radical (unpaired) electrons. The zero-order valence-corrected chi connectivity index (χ0v) is 21.2. The maximum absolute atomic E-state index is 13.0. The number of sulfonamides is 1. The van der Waals surface area contributed by atoms with Crippen molar-refractivity contribution in [3.8, 4) is 0 Å². The number of hydrogen-bond donors (Lipinski definition) is 2. The second-order valence-electron chi connectivity index (χ2n) is 7.11. The number of imidazole rings is 1. The fourth-order valence-corrected chi connectivity index (χ4v) is 6.34. The lowest BCUT2D eigenvalue weighted by Crippen LogP contribution is -2.44.